The Hall–Kier alpha value is -1.22. The van der Waals surface area contributed by atoms with Gasteiger partial charge in [-0.3, -0.25) is 4.68 Å². The monoisotopic (exact) mass is 355 g/mol. The fraction of sp³-hybridized carbons (Fsp3) is 0.533. The van der Waals surface area contributed by atoms with Crippen LogP contribution in [-0.2, 0) is 17.1 Å². The van der Waals surface area contributed by atoms with E-state index in [1.165, 1.54) is 15.6 Å². The van der Waals surface area contributed by atoms with Crippen LogP contribution in [0.15, 0.2) is 23.4 Å². The third-order valence-electron chi connectivity index (χ3n) is 4.41. The van der Waals surface area contributed by atoms with E-state index in [2.05, 4.69) is 5.10 Å². The molecule has 2 aromatic heterocycles. The van der Waals surface area contributed by atoms with Gasteiger partial charge < -0.3 is 5.11 Å². The minimum Gasteiger partial charge on any atom is -0.396 e. The second kappa shape index (κ2) is 6.01. The average Bonchev–Trinajstić information content (AvgIpc) is 3.16. The summed E-state index contributed by atoms with van der Waals surface area (Å²) in [6, 6.07) is 1.74. The van der Waals surface area contributed by atoms with Crippen LogP contribution < -0.4 is 0 Å². The number of aliphatic hydroxyl groups is 1. The Kier molecular flexibility index (Phi) is 4.35. The number of rotatable bonds is 4. The summed E-state index contributed by atoms with van der Waals surface area (Å²) in [6.07, 6.45) is 3.65. The lowest BCUT2D eigenvalue weighted by atomic mass is 9.92. The van der Waals surface area contributed by atoms with Crippen molar-refractivity contribution in [2.45, 2.75) is 24.7 Å². The van der Waals surface area contributed by atoms with Gasteiger partial charge in [-0.05, 0) is 25.5 Å². The van der Waals surface area contributed by atoms with Gasteiger partial charge in [-0.25, -0.2) is 8.42 Å². The predicted octanol–water partition coefficient (Wildman–Crippen LogP) is 1.50. The first kappa shape index (κ1) is 16.6. The van der Waals surface area contributed by atoms with Gasteiger partial charge in [0.2, 0.25) is 10.0 Å². The zero-order chi connectivity index (χ0) is 16.8. The van der Waals surface area contributed by atoms with Crippen LogP contribution in [0.1, 0.15) is 21.2 Å². The molecule has 1 aliphatic heterocycles. The van der Waals surface area contributed by atoms with Crippen molar-refractivity contribution in [3.8, 4) is 0 Å². The first-order chi connectivity index (χ1) is 10.8. The minimum atomic E-state index is -3.52. The lowest BCUT2D eigenvalue weighted by molar-refractivity contribution is 0.223. The molecule has 2 aromatic rings. The highest BCUT2D eigenvalue weighted by atomic mass is 32.2. The van der Waals surface area contributed by atoms with Gasteiger partial charge in [-0.1, -0.05) is 0 Å². The number of hydrogen-bond acceptors (Lipinski definition) is 5. The molecule has 0 aromatic carbocycles. The van der Waals surface area contributed by atoms with E-state index in [0.29, 0.717) is 18.0 Å². The van der Waals surface area contributed by atoms with Crippen LogP contribution in [0.3, 0.4) is 0 Å². The predicted molar refractivity (Wildman–Crippen MR) is 89.1 cm³/mol. The second-order valence-corrected chi connectivity index (χ2v) is 9.46. The zero-order valence-corrected chi connectivity index (χ0v) is 15.1. The molecule has 126 valence electrons. The van der Waals surface area contributed by atoms with Crippen molar-refractivity contribution in [2.24, 2.45) is 13.0 Å². The summed E-state index contributed by atoms with van der Waals surface area (Å²) in [5, 5.41) is 13.8. The Morgan fingerprint density at radius 2 is 2.13 bits per heavy atom. The molecule has 0 radical (unpaired) electrons. The zero-order valence-electron chi connectivity index (χ0n) is 13.4. The minimum absolute atomic E-state index is 0.0245. The number of thiophene rings is 1. The number of aromatic nitrogens is 2. The summed E-state index contributed by atoms with van der Waals surface area (Å²) in [4.78, 5) is 2.19. The molecular weight excluding hydrogens is 334 g/mol. The van der Waals surface area contributed by atoms with E-state index in [9.17, 15) is 13.5 Å². The summed E-state index contributed by atoms with van der Waals surface area (Å²) in [5.41, 5.74) is 0.975. The van der Waals surface area contributed by atoms with Gasteiger partial charge in [0.05, 0.1) is 11.1 Å². The van der Waals surface area contributed by atoms with Gasteiger partial charge in [0.15, 0.2) is 0 Å². The van der Waals surface area contributed by atoms with Gasteiger partial charge in [0, 0.05) is 54.5 Å². The van der Waals surface area contributed by atoms with Crippen LogP contribution in [0.5, 0.6) is 0 Å². The molecule has 23 heavy (non-hydrogen) atoms. The summed E-state index contributed by atoms with van der Waals surface area (Å²) >= 11 is 1.49. The molecule has 0 bridgehead atoms. The van der Waals surface area contributed by atoms with Gasteiger partial charge in [0.1, 0.15) is 0 Å². The van der Waals surface area contributed by atoms with Crippen LogP contribution in [0, 0.1) is 19.8 Å². The lowest BCUT2D eigenvalue weighted by Gasteiger charge is -2.16. The van der Waals surface area contributed by atoms with E-state index < -0.39 is 10.0 Å². The quantitative estimate of drug-likeness (QED) is 0.902. The number of aliphatic hydroxyl groups excluding tert-OH is 1. The number of hydrogen-bond donors (Lipinski definition) is 1. The highest BCUT2D eigenvalue weighted by molar-refractivity contribution is 7.89. The average molecular weight is 355 g/mol. The van der Waals surface area contributed by atoms with Crippen molar-refractivity contribution in [2.75, 3.05) is 19.7 Å². The normalized spacial score (nSPS) is 22.8. The van der Waals surface area contributed by atoms with Crippen LogP contribution >= 0.6 is 11.3 Å². The topological polar surface area (TPSA) is 75.4 Å². The summed E-state index contributed by atoms with van der Waals surface area (Å²) < 4.78 is 29.1. The first-order valence-electron chi connectivity index (χ1n) is 7.49. The molecule has 0 unspecified atom stereocenters. The highest BCUT2D eigenvalue weighted by Crippen LogP contribution is 2.37. The number of sulfonamides is 1. The fourth-order valence-electron chi connectivity index (χ4n) is 3.22. The maximum Gasteiger partial charge on any atom is 0.244 e. The Morgan fingerprint density at radius 3 is 2.65 bits per heavy atom. The van der Waals surface area contributed by atoms with Gasteiger partial charge >= 0.3 is 0 Å². The van der Waals surface area contributed by atoms with E-state index in [1.54, 1.807) is 16.9 Å². The molecule has 3 rings (SSSR count). The van der Waals surface area contributed by atoms with Crippen molar-refractivity contribution >= 4 is 21.4 Å². The largest absolute Gasteiger partial charge is 0.396 e. The molecule has 8 heteroatoms. The second-order valence-electron chi connectivity index (χ2n) is 6.10. The SMILES string of the molecule is Cc1cc(S(=O)(=O)N2C[C@@H](CO)[C@H](c3cnn(C)c3)C2)c(C)s1. The summed E-state index contributed by atoms with van der Waals surface area (Å²) in [6.45, 7) is 4.44. The molecule has 0 spiro atoms. The number of aryl methyl sites for hydroxylation is 3. The van der Waals surface area contributed by atoms with E-state index in [4.69, 9.17) is 0 Å². The third-order valence-corrected chi connectivity index (χ3v) is 7.46. The van der Waals surface area contributed by atoms with Gasteiger partial charge in [0.25, 0.3) is 0 Å². The molecule has 0 saturated carbocycles. The Balaban J connectivity index is 1.91. The molecule has 1 aliphatic rings. The van der Waals surface area contributed by atoms with E-state index >= 15 is 0 Å². The van der Waals surface area contributed by atoms with Gasteiger partial charge in [-0.2, -0.15) is 9.40 Å². The van der Waals surface area contributed by atoms with Crippen LogP contribution in [0.25, 0.3) is 0 Å². The molecule has 1 fully saturated rings. The maximum absolute atomic E-state index is 12.9. The van der Waals surface area contributed by atoms with E-state index in [1.807, 2.05) is 27.1 Å². The smallest absolute Gasteiger partial charge is 0.244 e. The van der Waals surface area contributed by atoms with Crippen LogP contribution in [-0.4, -0.2) is 47.3 Å². The molecule has 1 N–H and O–H groups in total. The van der Waals surface area contributed by atoms with Crippen molar-refractivity contribution in [1.82, 2.24) is 14.1 Å². The standard InChI is InChI=1S/C15H21N3O3S2/c1-10-4-15(11(2)22-10)23(20,21)18-7-13(9-19)14(8-18)12-5-16-17(3)6-12/h4-6,13-14,19H,7-9H2,1-3H3/t13-,14-/m0/s1. The molecule has 6 nitrogen and oxygen atoms in total. The van der Waals surface area contributed by atoms with Crippen molar-refractivity contribution in [1.29, 1.82) is 0 Å². The highest BCUT2D eigenvalue weighted by Gasteiger charge is 2.40. The van der Waals surface area contributed by atoms with E-state index in [0.717, 1.165) is 15.3 Å². The summed E-state index contributed by atoms with van der Waals surface area (Å²) in [7, 11) is -1.69. The lowest BCUT2D eigenvalue weighted by Crippen LogP contribution is -2.29. The first-order valence-corrected chi connectivity index (χ1v) is 9.75. The third kappa shape index (κ3) is 2.96. The Labute approximate surface area is 140 Å². The van der Waals surface area contributed by atoms with Crippen molar-refractivity contribution in [3.63, 3.8) is 0 Å². The Bertz CT molecular complexity index is 810. The molecular formula is C15H21N3O3S2. The molecule has 0 amide bonds. The Morgan fingerprint density at radius 1 is 1.39 bits per heavy atom. The molecule has 2 atom stereocenters. The summed E-state index contributed by atoms with van der Waals surface area (Å²) in [5.74, 6) is -0.127. The van der Waals surface area contributed by atoms with Crippen LogP contribution in [0.2, 0.25) is 0 Å². The molecule has 1 saturated heterocycles. The van der Waals surface area contributed by atoms with E-state index in [-0.39, 0.29) is 18.4 Å². The van der Waals surface area contributed by atoms with Crippen LogP contribution in [0.4, 0.5) is 0 Å². The fourth-order valence-corrected chi connectivity index (χ4v) is 6.27. The van der Waals surface area contributed by atoms with Crippen molar-refractivity contribution < 1.29 is 13.5 Å². The maximum atomic E-state index is 12.9. The number of nitrogens with zero attached hydrogens (tertiary/aromatic N) is 3. The van der Waals surface area contributed by atoms with Gasteiger partial charge in [-0.15, -0.1) is 11.3 Å². The molecule has 0 aliphatic carbocycles. The molecule has 3 heterocycles. The van der Waals surface area contributed by atoms with Crippen molar-refractivity contribution in [3.05, 3.63) is 33.8 Å².